The Hall–Kier alpha value is -2.30. The number of rotatable bonds is 4. The van der Waals surface area contributed by atoms with Gasteiger partial charge in [-0.15, -0.1) is 0 Å². The summed E-state index contributed by atoms with van der Waals surface area (Å²) >= 11 is 0. The van der Waals surface area contributed by atoms with E-state index in [1.807, 2.05) is 6.92 Å². The summed E-state index contributed by atoms with van der Waals surface area (Å²) in [7, 11) is 0. The molecule has 0 fully saturated rings. The Morgan fingerprint density at radius 1 is 1.56 bits per heavy atom. The molecule has 5 nitrogen and oxygen atoms in total. The predicted molar refractivity (Wildman–Crippen MR) is 69.4 cm³/mol. The van der Waals surface area contributed by atoms with Gasteiger partial charge in [0.15, 0.2) is 5.84 Å². The van der Waals surface area contributed by atoms with Crippen molar-refractivity contribution in [3.63, 3.8) is 0 Å². The van der Waals surface area contributed by atoms with Gasteiger partial charge in [0, 0.05) is 11.6 Å². The van der Waals surface area contributed by atoms with Crippen LogP contribution in [-0.4, -0.2) is 23.6 Å². The number of esters is 1. The number of nitrogens with zero attached hydrogens (tertiary/aromatic N) is 1. The average molecular weight is 248 g/mol. The van der Waals surface area contributed by atoms with Crippen molar-refractivity contribution < 1.29 is 14.7 Å². The van der Waals surface area contributed by atoms with Crippen molar-refractivity contribution in [1.29, 1.82) is 0 Å². The highest BCUT2D eigenvalue weighted by molar-refractivity contribution is 5.97. The maximum absolute atomic E-state index is 11.2. The predicted octanol–water partition coefficient (Wildman–Crippen LogP) is 1.67. The lowest BCUT2D eigenvalue weighted by Gasteiger charge is -2.04. The van der Waals surface area contributed by atoms with E-state index >= 15 is 0 Å². The highest BCUT2D eigenvalue weighted by Crippen LogP contribution is 2.12. The Kier molecular flexibility index (Phi) is 4.92. The van der Waals surface area contributed by atoms with Gasteiger partial charge in [0.25, 0.3) is 0 Å². The molecule has 0 aliphatic heterocycles. The first-order valence-corrected chi connectivity index (χ1v) is 5.52. The van der Waals surface area contributed by atoms with Crippen LogP contribution in [0.4, 0.5) is 0 Å². The lowest BCUT2D eigenvalue weighted by molar-refractivity contribution is -0.137. The van der Waals surface area contributed by atoms with Crippen LogP contribution in [0.15, 0.2) is 29.4 Å². The van der Waals surface area contributed by atoms with E-state index < -0.39 is 0 Å². The molecular weight excluding hydrogens is 232 g/mol. The van der Waals surface area contributed by atoms with Crippen LogP contribution in [0, 0.1) is 6.92 Å². The molecule has 0 aliphatic rings. The summed E-state index contributed by atoms with van der Waals surface area (Å²) in [5, 5.41) is 11.5. The zero-order chi connectivity index (χ0) is 13.5. The SMILES string of the molecule is CCOC(=O)/C=C/c1ccc(/C(N)=N/O)cc1C. The third-order valence-corrected chi connectivity index (χ3v) is 2.36. The van der Waals surface area contributed by atoms with Crippen molar-refractivity contribution >= 4 is 17.9 Å². The van der Waals surface area contributed by atoms with Crippen molar-refractivity contribution in [3.8, 4) is 0 Å². The van der Waals surface area contributed by atoms with E-state index in [1.54, 1.807) is 31.2 Å². The molecule has 1 rings (SSSR count). The summed E-state index contributed by atoms with van der Waals surface area (Å²) in [5.74, 6) is -0.323. The molecule has 1 aromatic rings. The summed E-state index contributed by atoms with van der Waals surface area (Å²) in [6.07, 6.45) is 3.04. The third-order valence-electron chi connectivity index (χ3n) is 2.36. The summed E-state index contributed by atoms with van der Waals surface area (Å²) < 4.78 is 4.78. The first-order chi connectivity index (χ1) is 8.58. The van der Waals surface area contributed by atoms with Gasteiger partial charge >= 0.3 is 5.97 Å². The monoisotopic (exact) mass is 248 g/mol. The van der Waals surface area contributed by atoms with Crippen LogP contribution >= 0.6 is 0 Å². The van der Waals surface area contributed by atoms with Crippen LogP contribution in [0.3, 0.4) is 0 Å². The number of aryl methyl sites for hydroxylation is 1. The summed E-state index contributed by atoms with van der Waals surface area (Å²) in [6.45, 7) is 3.98. The number of nitrogens with two attached hydrogens (primary N) is 1. The number of hydrogen-bond donors (Lipinski definition) is 2. The van der Waals surface area contributed by atoms with E-state index in [4.69, 9.17) is 15.7 Å². The molecule has 0 unspecified atom stereocenters. The standard InChI is InChI=1S/C13H16N2O3/c1-3-18-12(16)7-6-10-4-5-11(8-9(10)2)13(14)15-17/h4-8,17H,3H2,1-2H3,(H2,14,15)/b7-6+. The van der Waals surface area contributed by atoms with Crippen molar-refractivity contribution in [3.05, 3.63) is 41.0 Å². The topological polar surface area (TPSA) is 84.9 Å². The molecule has 0 saturated heterocycles. The zero-order valence-electron chi connectivity index (χ0n) is 10.4. The smallest absolute Gasteiger partial charge is 0.330 e. The summed E-state index contributed by atoms with van der Waals surface area (Å²) in [4.78, 5) is 11.2. The molecule has 0 heterocycles. The van der Waals surface area contributed by atoms with Crippen LogP contribution in [-0.2, 0) is 9.53 Å². The average Bonchev–Trinajstić information content (AvgIpc) is 2.36. The second-order valence-corrected chi connectivity index (χ2v) is 3.64. The van der Waals surface area contributed by atoms with Gasteiger partial charge in [0.2, 0.25) is 0 Å². The molecule has 0 atom stereocenters. The molecule has 96 valence electrons. The number of amidine groups is 1. The van der Waals surface area contributed by atoms with Crippen molar-refractivity contribution in [1.82, 2.24) is 0 Å². The van der Waals surface area contributed by atoms with Crippen LogP contribution in [0.5, 0.6) is 0 Å². The van der Waals surface area contributed by atoms with Crippen LogP contribution in [0.1, 0.15) is 23.6 Å². The van der Waals surface area contributed by atoms with E-state index in [0.29, 0.717) is 12.2 Å². The maximum atomic E-state index is 11.2. The molecule has 0 saturated carbocycles. The van der Waals surface area contributed by atoms with Gasteiger partial charge in [-0.3, -0.25) is 0 Å². The minimum Gasteiger partial charge on any atom is -0.463 e. The van der Waals surface area contributed by atoms with Gasteiger partial charge in [0.05, 0.1) is 6.61 Å². The van der Waals surface area contributed by atoms with Crippen LogP contribution in [0.25, 0.3) is 6.08 Å². The summed E-state index contributed by atoms with van der Waals surface area (Å²) in [5.41, 5.74) is 7.90. The number of carbonyl (C=O) groups excluding carboxylic acids is 1. The Morgan fingerprint density at radius 2 is 2.28 bits per heavy atom. The van der Waals surface area contributed by atoms with E-state index in [0.717, 1.165) is 11.1 Å². The first kappa shape index (κ1) is 13.8. The van der Waals surface area contributed by atoms with Crippen molar-refractivity contribution in [2.75, 3.05) is 6.61 Å². The first-order valence-electron chi connectivity index (χ1n) is 5.52. The molecular formula is C13H16N2O3. The minimum absolute atomic E-state index is 0.0547. The van der Waals surface area contributed by atoms with Gasteiger partial charge in [-0.1, -0.05) is 17.3 Å². The number of carbonyl (C=O) groups is 1. The largest absolute Gasteiger partial charge is 0.463 e. The van der Waals surface area contributed by atoms with E-state index in [1.165, 1.54) is 6.08 Å². The van der Waals surface area contributed by atoms with Crippen molar-refractivity contribution in [2.45, 2.75) is 13.8 Å². The highest BCUT2D eigenvalue weighted by atomic mass is 16.5. The van der Waals surface area contributed by atoms with Gasteiger partial charge in [0.1, 0.15) is 0 Å². The quantitative estimate of drug-likeness (QED) is 0.212. The second kappa shape index (κ2) is 6.44. The molecule has 0 radical (unpaired) electrons. The molecule has 18 heavy (non-hydrogen) atoms. The fraction of sp³-hybridized carbons (Fsp3) is 0.231. The molecule has 3 N–H and O–H groups in total. The molecule has 0 spiro atoms. The molecule has 5 heteroatoms. The molecule has 0 amide bonds. The molecule has 0 aliphatic carbocycles. The Morgan fingerprint density at radius 3 is 2.83 bits per heavy atom. The number of benzene rings is 1. The molecule has 1 aromatic carbocycles. The van der Waals surface area contributed by atoms with Gasteiger partial charge in [-0.2, -0.15) is 0 Å². The number of ether oxygens (including phenoxy) is 1. The van der Waals surface area contributed by atoms with E-state index in [9.17, 15) is 4.79 Å². The lowest BCUT2D eigenvalue weighted by Crippen LogP contribution is -2.13. The van der Waals surface area contributed by atoms with Crippen LogP contribution < -0.4 is 5.73 Å². The number of oxime groups is 1. The molecule has 0 bridgehead atoms. The Labute approximate surface area is 106 Å². The van der Waals surface area contributed by atoms with Gasteiger partial charge < -0.3 is 15.7 Å². The fourth-order valence-corrected chi connectivity index (χ4v) is 1.43. The Bertz CT molecular complexity index is 493. The highest BCUT2D eigenvalue weighted by Gasteiger charge is 2.02. The third kappa shape index (κ3) is 3.62. The Balaban J connectivity index is 2.90. The van der Waals surface area contributed by atoms with E-state index in [-0.39, 0.29) is 11.8 Å². The minimum atomic E-state index is -0.377. The van der Waals surface area contributed by atoms with Crippen LogP contribution in [0.2, 0.25) is 0 Å². The number of hydrogen-bond acceptors (Lipinski definition) is 4. The lowest BCUT2D eigenvalue weighted by atomic mass is 10.0. The van der Waals surface area contributed by atoms with E-state index in [2.05, 4.69) is 5.16 Å². The molecule has 0 aromatic heterocycles. The summed E-state index contributed by atoms with van der Waals surface area (Å²) in [6, 6.07) is 5.28. The zero-order valence-corrected chi connectivity index (χ0v) is 10.4. The normalized spacial score (nSPS) is 11.8. The van der Waals surface area contributed by atoms with Gasteiger partial charge in [-0.05, 0) is 37.1 Å². The maximum Gasteiger partial charge on any atom is 0.330 e. The van der Waals surface area contributed by atoms with Gasteiger partial charge in [-0.25, -0.2) is 4.79 Å². The van der Waals surface area contributed by atoms with Crippen molar-refractivity contribution in [2.24, 2.45) is 10.9 Å². The fourth-order valence-electron chi connectivity index (χ4n) is 1.43. The second-order valence-electron chi connectivity index (χ2n) is 3.64.